The lowest BCUT2D eigenvalue weighted by Crippen LogP contribution is -2.38. The van der Waals surface area contributed by atoms with Crippen LogP contribution in [0.1, 0.15) is 43.9 Å². The van der Waals surface area contributed by atoms with E-state index in [2.05, 4.69) is 24.0 Å². The maximum Gasteiger partial charge on any atom is 0.216 e. The van der Waals surface area contributed by atoms with Crippen molar-refractivity contribution in [2.24, 2.45) is 7.05 Å². The Morgan fingerprint density at radius 2 is 2.05 bits per heavy atom. The van der Waals surface area contributed by atoms with Gasteiger partial charge in [0.1, 0.15) is 0 Å². The lowest BCUT2D eigenvalue weighted by atomic mass is 10.0. The van der Waals surface area contributed by atoms with Gasteiger partial charge >= 0.3 is 0 Å². The van der Waals surface area contributed by atoms with Gasteiger partial charge in [0.25, 0.3) is 0 Å². The van der Waals surface area contributed by atoms with Crippen LogP contribution in [-0.4, -0.2) is 46.1 Å². The summed E-state index contributed by atoms with van der Waals surface area (Å²) in [5.41, 5.74) is 1.72. The number of likely N-dealkylation sites (N-methyl/N-ethyl adjacent to an activating group) is 1. The molecule has 20 heavy (non-hydrogen) atoms. The molecule has 0 radical (unpaired) electrons. The summed E-state index contributed by atoms with van der Waals surface area (Å²) in [6, 6.07) is 0. The third-order valence-electron chi connectivity index (χ3n) is 4.23. The molecule has 1 aliphatic rings. The van der Waals surface area contributed by atoms with Crippen LogP contribution >= 0.6 is 0 Å². The Morgan fingerprint density at radius 1 is 1.40 bits per heavy atom. The average Bonchev–Trinajstić information content (AvgIpc) is 2.93. The van der Waals surface area contributed by atoms with Crippen molar-refractivity contribution in [2.75, 3.05) is 20.7 Å². The number of aryl methyl sites for hydroxylation is 2. The van der Waals surface area contributed by atoms with E-state index in [9.17, 15) is 5.11 Å². The molecular formula is C15H27N3O2. The van der Waals surface area contributed by atoms with Crippen LogP contribution in [0, 0.1) is 0 Å². The molecule has 0 saturated heterocycles. The van der Waals surface area contributed by atoms with Crippen molar-refractivity contribution in [3.63, 3.8) is 0 Å². The summed E-state index contributed by atoms with van der Waals surface area (Å²) in [6.45, 7) is 3.59. The number of hydrogen-bond acceptors (Lipinski definition) is 4. The van der Waals surface area contributed by atoms with E-state index < -0.39 is 5.60 Å². The fourth-order valence-electron chi connectivity index (χ4n) is 3.32. The summed E-state index contributed by atoms with van der Waals surface area (Å²) in [6.07, 6.45) is 5.01. The summed E-state index contributed by atoms with van der Waals surface area (Å²) in [5, 5.41) is 15.0. The van der Waals surface area contributed by atoms with Gasteiger partial charge in [0.05, 0.1) is 24.0 Å². The molecule has 0 atom stereocenters. The molecule has 0 aliphatic heterocycles. The van der Waals surface area contributed by atoms with Gasteiger partial charge in [-0.25, -0.2) is 4.68 Å². The molecule has 5 nitrogen and oxygen atoms in total. The molecule has 5 heteroatoms. The highest BCUT2D eigenvalue weighted by atomic mass is 16.5. The van der Waals surface area contributed by atoms with Crippen LogP contribution in [0.5, 0.6) is 5.88 Å². The minimum atomic E-state index is -0.503. The van der Waals surface area contributed by atoms with E-state index in [1.165, 1.54) is 0 Å². The van der Waals surface area contributed by atoms with Crippen LogP contribution < -0.4 is 4.74 Å². The summed E-state index contributed by atoms with van der Waals surface area (Å²) >= 11 is 0. The molecule has 114 valence electrons. The highest BCUT2D eigenvalue weighted by Gasteiger charge is 2.32. The molecule has 1 aromatic rings. The van der Waals surface area contributed by atoms with E-state index in [0.29, 0.717) is 6.54 Å². The molecule has 2 rings (SSSR count). The standard InChI is InChI=1S/C15H27N3O2/c1-5-13-12(14(20-4)18(3)16-13)10-17(2)11-15(19)8-6-7-9-15/h19H,5-11H2,1-4H3. The Hall–Kier alpha value is -1.07. The number of rotatable bonds is 6. The Morgan fingerprint density at radius 3 is 2.60 bits per heavy atom. The lowest BCUT2D eigenvalue weighted by molar-refractivity contribution is 0.0143. The van der Waals surface area contributed by atoms with Crippen molar-refractivity contribution in [1.29, 1.82) is 0 Å². The van der Waals surface area contributed by atoms with Crippen LogP contribution in [0.3, 0.4) is 0 Å². The van der Waals surface area contributed by atoms with Crippen LogP contribution in [-0.2, 0) is 20.0 Å². The van der Waals surface area contributed by atoms with Crippen LogP contribution in [0.25, 0.3) is 0 Å². The maximum absolute atomic E-state index is 10.5. The van der Waals surface area contributed by atoms with E-state index in [0.717, 1.165) is 55.8 Å². The zero-order valence-electron chi connectivity index (χ0n) is 13.1. The van der Waals surface area contributed by atoms with Crippen LogP contribution in [0.2, 0.25) is 0 Å². The average molecular weight is 281 g/mol. The summed E-state index contributed by atoms with van der Waals surface area (Å²) in [7, 11) is 5.65. The van der Waals surface area contributed by atoms with Gasteiger partial charge in [0.2, 0.25) is 5.88 Å². The second-order valence-electron chi connectivity index (χ2n) is 6.02. The topological polar surface area (TPSA) is 50.5 Å². The second kappa shape index (κ2) is 6.14. The van der Waals surface area contributed by atoms with Crippen LogP contribution in [0.4, 0.5) is 0 Å². The number of hydrogen-bond donors (Lipinski definition) is 1. The molecule has 0 spiro atoms. The fraction of sp³-hybridized carbons (Fsp3) is 0.800. The molecular weight excluding hydrogens is 254 g/mol. The number of aliphatic hydroxyl groups is 1. The van der Waals surface area contributed by atoms with Gasteiger partial charge in [-0.1, -0.05) is 19.8 Å². The molecule has 0 amide bonds. The van der Waals surface area contributed by atoms with Gasteiger partial charge < -0.3 is 9.84 Å². The number of ether oxygens (including phenoxy) is 1. The van der Waals surface area contributed by atoms with Crippen LogP contribution in [0.15, 0.2) is 0 Å². The summed E-state index contributed by atoms with van der Waals surface area (Å²) in [5.74, 6) is 0.826. The first-order valence-electron chi connectivity index (χ1n) is 7.48. The van der Waals surface area contributed by atoms with Crippen molar-refractivity contribution >= 4 is 0 Å². The van der Waals surface area contributed by atoms with E-state index in [-0.39, 0.29) is 0 Å². The lowest BCUT2D eigenvalue weighted by Gasteiger charge is -2.28. The van der Waals surface area contributed by atoms with Crippen molar-refractivity contribution in [1.82, 2.24) is 14.7 Å². The zero-order valence-corrected chi connectivity index (χ0v) is 13.1. The number of aromatic nitrogens is 2. The highest BCUT2D eigenvalue weighted by Crippen LogP contribution is 2.31. The Kier molecular flexibility index (Phi) is 4.70. The van der Waals surface area contributed by atoms with E-state index in [1.807, 2.05) is 7.05 Å². The predicted octanol–water partition coefficient (Wildman–Crippen LogP) is 1.73. The van der Waals surface area contributed by atoms with E-state index in [4.69, 9.17) is 4.74 Å². The quantitative estimate of drug-likeness (QED) is 0.863. The molecule has 1 saturated carbocycles. The van der Waals surface area contributed by atoms with Crippen molar-refractivity contribution in [2.45, 2.75) is 51.2 Å². The van der Waals surface area contributed by atoms with E-state index >= 15 is 0 Å². The maximum atomic E-state index is 10.5. The molecule has 1 N–H and O–H groups in total. The summed E-state index contributed by atoms with van der Waals surface area (Å²) < 4.78 is 7.26. The molecule has 1 heterocycles. The molecule has 0 aromatic carbocycles. The van der Waals surface area contributed by atoms with Crippen molar-refractivity contribution < 1.29 is 9.84 Å². The SMILES string of the molecule is CCc1nn(C)c(OC)c1CN(C)CC1(O)CCCC1. The predicted molar refractivity (Wildman–Crippen MR) is 78.9 cm³/mol. The Bertz CT molecular complexity index is 450. The Balaban J connectivity index is 2.08. The van der Waals surface area contributed by atoms with Gasteiger partial charge in [0.15, 0.2) is 0 Å². The minimum Gasteiger partial charge on any atom is -0.481 e. The van der Waals surface area contributed by atoms with Gasteiger partial charge in [-0.05, 0) is 26.3 Å². The second-order valence-corrected chi connectivity index (χ2v) is 6.02. The molecule has 1 aromatic heterocycles. The third kappa shape index (κ3) is 3.15. The molecule has 1 fully saturated rings. The van der Waals surface area contributed by atoms with Gasteiger partial charge in [-0.2, -0.15) is 5.10 Å². The fourth-order valence-corrected chi connectivity index (χ4v) is 3.32. The van der Waals surface area contributed by atoms with Gasteiger partial charge in [-0.15, -0.1) is 0 Å². The molecule has 0 bridgehead atoms. The van der Waals surface area contributed by atoms with Crippen molar-refractivity contribution in [3.8, 4) is 5.88 Å². The first-order valence-corrected chi connectivity index (χ1v) is 7.48. The smallest absolute Gasteiger partial charge is 0.216 e. The van der Waals surface area contributed by atoms with Gasteiger partial charge in [0, 0.05) is 20.1 Å². The third-order valence-corrected chi connectivity index (χ3v) is 4.23. The monoisotopic (exact) mass is 281 g/mol. The highest BCUT2D eigenvalue weighted by molar-refractivity contribution is 5.31. The number of methoxy groups -OCH3 is 1. The minimum absolute atomic E-state index is 0.503. The first kappa shape index (κ1) is 15.3. The normalized spacial score (nSPS) is 17.9. The first-order chi connectivity index (χ1) is 9.49. The Labute approximate surface area is 121 Å². The summed E-state index contributed by atoms with van der Waals surface area (Å²) in [4.78, 5) is 2.18. The number of nitrogens with zero attached hydrogens (tertiary/aromatic N) is 3. The van der Waals surface area contributed by atoms with Gasteiger partial charge in [-0.3, -0.25) is 4.90 Å². The van der Waals surface area contributed by atoms with Crippen molar-refractivity contribution in [3.05, 3.63) is 11.3 Å². The molecule has 0 unspecified atom stereocenters. The zero-order chi connectivity index (χ0) is 14.8. The molecule has 1 aliphatic carbocycles. The van der Waals surface area contributed by atoms with E-state index in [1.54, 1.807) is 11.8 Å². The largest absolute Gasteiger partial charge is 0.481 e.